The molecule has 0 aromatic carbocycles. The molecule has 2 N–H and O–H groups in total. The monoisotopic (exact) mass is 156 g/mol. The summed E-state index contributed by atoms with van der Waals surface area (Å²) in [5.74, 6) is -0.177. The minimum Gasteiger partial charge on any atom is -0.393 e. The van der Waals surface area contributed by atoms with Crippen molar-refractivity contribution in [2.45, 2.75) is 17.8 Å². The van der Waals surface area contributed by atoms with Crippen molar-refractivity contribution >= 4 is 5.78 Å². The van der Waals surface area contributed by atoms with Crippen LogP contribution < -0.4 is 0 Å². The van der Waals surface area contributed by atoms with Crippen molar-refractivity contribution in [2.24, 2.45) is 0 Å². The average molecular weight is 156 g/mol. The third-order valence-electron chi connectivity index (χ3n) is 2.17. The Morgan fingerprint density at radius 3 is 3.00 bits per heavy atom. The van der Waals surface area contributed by atoms with Gasteiger partial charge in [0.15, 0.2) is 17.5 Å². The molecule has 11 heavy (non-hydrogen) atoms. The van der Waals surface area contributed by atoms with Crippen LogP contribution in [0.4, 0.5) is 0 Å². The van der Waals surface area contributed by atoms with Crippen LogP contribution in [0.1, 0.15) is 0 Å². The molecule has 0 aromatic rings. The van der Waals surface area contributed by atoms with Crippen LogP contribution >= 0.6 is 0 Å². The summed E-state index contributed by atoms with van der Waals surface area (Å²) in [5, 5.41) is 18.1. The summed E-state index contributed by atoms with van der Waals surface area (Å²) in [7, 11) is 0. The lowest BCUT2D eigenvalue weighted by Crippen LogP contribution is -2.39. The Labute approximate surface area is 63.1 Å². The van der Waals surface area contributed by atoms with E-state index in [-0.39, 0.29) is 12.4 Å². The van der Waals surface area contributed by atoms with E-state index in [1.165, 1.54) is 12.2 Å². The molecule has 1 heterocycles. The van der Waals surface area contributed by atoms with E-state index >= 15 is 0 Å². The van der Waals surface area contributed by atoms with Gasteiger partial charge in [-0.15, -0.1) is 0 Å². The van der Waals surface area contributed by atoms with Crippen LogP contribution in [0.3, 0.4) is 0 Å². The molecule has 1 fully saturated rings. The molecule has 4 heteroatoms. The van der Waals surface area contributed by atoms with Gasteiger partial charge in [0.1, 0.15) is 6.10 Å². The summed E-state index contributed by atoms with van der Waals surface area (Å²) < 4.78 is 4.93. The van der Waals surface area contributed by atoms with Crippen LogP contribution in [0, 0.1) is 0 Å². The fourth-order valence-corrected chi connectivity index (χ4v) is 1.36. The minimum atomic E-state index is -1.01. The van der Waals surface area contributed by atoms with Gasteiger partial charge in [0.25, 0.3) is 0 Å². The van der Waals surface area contributed by atoms with Crippen LogP contribution in [-0.2, 0) is 9.53 Å². The number of hydrogen-bond donors (Lipinski definition) is 2. The predicted octanol–water partition coefficient (Wildman–Crippen LogP) is -1.38. The summed E-state index contributed by atoms with van der Waals surface area (Å²) in [5.41, 5.74) is -1.01. The molecular weight excluding hydrogens is 148 g/mol. The smallest absolute Gasteiger partial charge is 0.187 e. The van der Waals surface area contributed by atoms with Crippen molar-refractivity contribution in [2.75, 3.05) is 6.61 Å². The molecule has 0 amide bonds. The Morgan fingerprint density at radius 2 is 2.45 bits per heavy atom. The molecule has 2 rings (SSSR count). The standard InChI is InChI=1S/C7H8O4/c8-3-7-5(10)2-1-4(9)6(7)11-7/h1-2,5-6,8,10H,3H2/t5-,6-,7-/m1/s1. The van der Waals surface area contributed by atoms with Crippen molar-refractivity contribution in [3.63, 3.8) is 0 Å². The van der Waals surface area contributed by atoms with E-state index in [0.717, 1.165) is 0 Å². The number of fused-ring (bicyclic) bond motifs is 1. The second kappa shape index (κ2) is 1.91. The number of ether oxygens (including phenoxy) is 1. The van der Waals surface area contributed by atoms with Crippen LogP contribution in [0.25, 0.3) is 0 Å². The lowest BCUT2D eigenvalue weighted by Gasteiger charge is -2.15. The predicted molar refractivity (Wildman–Crippen MR) is 34.8 cm³/mol. The number of rotatable bonds is 1. The van der Waals surface area contributed by atoms with Gasteiger partial charge in [0, 0.05) is 0 Å². The van der Waals surface area contributed by atoms with Gasteiger partial charge in [-0.2, -0.15) is 0 Å². The summed E-state index contributed by atoms with van der Waals surface area (Å²) >= 11 is 0. The van der Waals surface area contributed by atoms with Gasteiger partial charge in [0.05, 0.1) is 6.61 Å². The highest BCUT2D eigenvalue weighted by molar-refractivity contribution is 5.98. The third kappa shape index (κ3) is 0.714. The number of epoxide rings is 1. The van der Waals surface area contributed by atoms with E-state index in [0.29, 0.717) is 0 Å². The van der Waals surface area contributed by atoms with Gasteiger partial charge < -0.3 is 14.9 Å². The second-order valence-electron chi connectivity index (χ2n) is 2.82. The molecule has 1 aliphatic carbocycles. The first kappa shape index (κ1) is 6.97. The first-order valence-corrected chi connectivity index (χ1v) is 3.39. The normalized spacial score (nSPS) is 47.3. The van der Waals surface area contributed by atoms with Crippen molar-refractivity contribution in [1.29, 1.82) is 0 Å². The minimum absolute atomic E-state index is 0.177. The first-order valence-electron chi connectivity index (χ1n) is 3.39. The Hall–Kier alpha value is -0.710. The molecule has 0 aromatic heterocycles. The average Bonchev–Trinajstić information content (AvgIpc) is 2.74. The van der Waals surface area contributed by atoms with Crippen LogP contribution in [-0.4, -0.2) is 40.4 Å². The maximum Gasteiger partial charge on any atom is 0.187 e. The summed E-state index contributed by atoms with van der Waals surface area (Å²) in [6.07, 6.45) is 1.17. The molecule has 3 atom stereocenters. The zero-order valence-electron chi connectivity index (χ0n) is 5.73. The third-order valence-corrected chi connectivity index (χ3v) is 2.17. The Morgan fingerprint density at radius 1 is 1.73 bits per heavy atom. The number of hydrogen-bond acceptors (Lipinski definition) is 4. The molecule has 0 spiro atoms. The maximum atomic E-state index is 10.9. The molecule has 0 unspecified atom stereocenters. The van der Waals surface area contributed by atoms with E-state index in [1.54, 1.807) is 0 Å². The van der Waals surface area contributed by atoms with E-state index in [9.17, 15) is 9.90 Å². The summed E-state index contributed by atoms with van der Waals surface area (Å²) in [6, 6.07) is 0. The number of carbonyl (C=O) groups excluding carboxylic acids is 1. The van der Waals surface area contributed by atoms with E-state index in [1.807, 2.05) is 0 Å². The lowest BCUT2D eigenvalue weighted by molar-refractivity contribution is -0.116. The zero-order valence-corrected chi connectivity index (χ0v) is 5.73. The van der Waals surface area contributed by atoms with Crippen molar-refractivity contribution in [3.05, 3.63) is 12.2 Å². The fourth-order valence-electron chi connectivity index (χ4n) is 1.36. The zero-order chi connectivity index (χ0) is 8.06. The van der Waals surface area contributed by atoms with Gasteiger partial charge in [0.2, 0.25) is 0 Å². The summed E-state index contributed by atoms with van der Waals surface area (Å²) in [4.78, 5) is 10.9. The van der Waals surface area contributed by atoms with Crippen LogP contribution in [0.15, 0.2) is 12.2 Å². The highest BCUT2D eigenvalue weighted by Crippen LogP contribution is 2.43. The molecule has 1 saturated heterocycles. The van der Waals surface area contributed by atoms with Crippen molar-refractivity contribution in [3.8, 4) is 0 Å². The van der Waals surface area contributed by atoms with Crippen LogP contribution in [0.5, 0.6) is 0 Å². The van der Waals surface area contributed by atoms with Gasteiger partial charge in [-0.3, -0.25) is 4.79 Å². The fraction of sp³-hybridized carbons (Fsp3) is 0.571. The van der Waals surface area contributed by atoms with Crippen molar-refractivity contribution in [1.82, 2.24) is 0 Å². The summed E-state index contributed by atoms with van der Waals surface area (Å²) in [6.45, 7) is -0.311. The number of carbonyl (C=O) groups is 1. The van der Waals surface area contributed by atoms with E-state index in [2.05, 4.69) is 0 Å². The molecule has 60 valence electrons. The Bertz CT molecular complexity index is 231. The van der Waals surface area contributed by atoms with Gasteiger partial charge >= 0.3 is 0 Å². The number of aliphatic hydroxyl groups excluding tert-OH is 2. The van der Waals surface area contributed by atoms with Gasteiger partial charge in [-0.05, 0) is 12.2 Å². The van der Waals surface area contributed by atoms with E-state index in [4.69, 9.17) is 9.84 Å². The highest BCUT2D eigenvalue weighted by Gasteiger charge is 2.65. The largest absolute Gasteiger partial charge is 0.393 e. The second-order valence-corrected chi connectivity index (χ2v) is 2.82. The highest BCUT2D eigenvalue weighted by atomic mass is 16.6. The van der Waals surface area contributed by atoms with E-state index < -0.39 is 17.8 Å². The van der Waals surface area contributed by atoms with Gasteiger partial charge in [-0.1, -0.05) is 0 Å². The molecule has 4 nitrogen and oxygen atoms in total. The quantitative estimate of drug-likeness (QED) is 0.459. The molecule has 1 aliphatic heterocycles. The number of aliphatic hydroxyl groups is 2. The SMILES string of the molecule is O=C1C=C[C@@H](O)[C@@]2(CO)O[C@H]12. The Balaban J connectivity index is 2.29. The Kier molecular flexibility index (Phi) is 1.21. The molecule has 0 bridgehead atoms. The maximum absolute atomic E-state index is 10.9. The first-order chi connectivity index (χ1) is 5.20. The molecule has 2 aliphatic rings. The number of ketones is 1. The topological polar surface area (TPSA) is 70.1 Å². The van der Waals surface area contributed by atoms with Crippen molar-refractivity contribution < 1.29 is 19.7 Å². The lowest BCUT2D eigenvalue weighted by atomic mass is 9.91. The van der Waals surface area contributed by atoms with Gasteiger partial charge in [-0.25, -0.2) is 0 Å². The molecular formula is C7H8O4. The molecule has 0 radical (unpaired) electrons. The molecule has 0 saturated carbocycles. The van der Waals surface area contributed by atoms with Crippen LogP contribution in [0.2, 0.25) is 0 Å².